The van der Waals surface area contributed by atoms with E-state index in [1.54, 1.807) is 6.92 Å². The van der Waals surface area contributed by atoms with Crippen molar-refractivity contribution in [3.8, 4) is 6.07 Å². The molecular weight excluding hydrogens is 126 g/mol. The van der Waals surface area contributed by atoms with Crippen LogP contribution < -0.4 is 5.32 Å². The molecule has 0 amide bonds. The lowest BCUT2D eigenvalue weighted by atomic mass is 10.2. The van der Waals surface area contributed by atoms with E-state index >= 15 is 0 Å². The average Bonchev–Trinajstić information content (AvgIpc) is 1.91. The molecule has 0 unspecified atom stereocenters. The van der Waals surface area contributed by atoms with Crippen molar-refractivity contribution < 1.29 is 0 Å². The second kappa shape index (κ2) is 4.33. The predicted molar refractivity (Wildman–Crippen MR) is 40.4 cm³/mol. The minimum atomic E-state index is 0.319. The van der Waals surface area contributed by atoms with Crippen LogP contribution in [-0.4, -0.2) is 6.21 Å². The first kappa shape index (κ1) is 8.44. The fraction of sp³-hybridized carbons (Fsp3) is 0.143. The summed E-state index contributed by atoms with van der Waals surface area (Å²) in [5, 5.41) is 17.9. The molecule has 0 aromatic heterocycles. The molecule has 0 aliphatic heterocycles. The van der Waals surface area contributed by atoms with Crippen LogP contribution >= 0.6 is 0 Å². The molecule has 0 aromatic carbocycles. The Morgan fingerprint density at radius 1 is 1.80 bits per heavy atom. The molecule has 0 bridgehead atoms. The number of allylic oxidation sites excluding steroid dienone is 2. The van der Waals surface area contributed by atoms with Gasteiger partial charge in [-0.3, -0.25) is 0 Å². The van der Waals surface area contributed by atoms with Gasteiger partial charge in [0.15, 0.2) is 0 Å². The molecule has 10 heavy (non-hydrogen) atoms. The minimum absolute atomic E-state index is 0.319. The monoisotopic (exact) mass is 135 g/mol. The van der Waals surface area contributed by atoms with Gasteiger partial charge in [0.05, 0.1) is 5.57 Å². The maximum absolute atomic E-state index is 8.39. The second-order valence-corrected chi connectivity index (χ2v) is 1.64. The van der Waals surface area contributed by atoms with Gasteiger partial charge in [-0.25, -0.2) is 0 Å². The third-order valence-electron chi connectivity index (χ3n) is 0.987. The smallest absolute Gasteiger partial charge is 0.103 e. The van der Waals surface area contributed by atoms with Gasteiger partial charge in [0, 0.05) is 11.9 Å². The first-order chi connectivity index (χ1) is 4.76. The highest BCUT2D eigenvalue weighted by Gasteiger charge is 1.93. The number of hydrogen-bond acceptors (Lipinski definition) is 3. The van der Waals surface area contributed by atoms with Gasteiger partial charge in [0.1, 0.15) is 6.07 Å². The summed E-state index contributed by atoms with van der Waals surface area (Å²) in [6, 6.07) is 1.86. The topological polar surface area (TPSA) is 59.7 Å². The molecule has 0 rings (SSSR count). The van der Waals surface area contributed by atoms with Crippen LogP contribution in [0, 0.1) is 16.7 Å². The summed E-state index contributed by atoms with van der Waals surface area (Å²) in [4.78, 5) is 0. The lowest BCUT2D eigenvalue weighted by Gasteiger charge is -1.98. The molecule has 0 aliphatic carbocycles. The van der Waals surface area contributed by atoms with Gasteiger partial charge in [0.25, 0.3) is 0 Å². The molecular formula is C7H9N3. The zero-order valence-electron chi connectivity index (χ0n) is 5.81. The zero-order chi connectivity index (χ0) is 7.98. The molecule has 2 N–H and O–H groups in total. The van der Waals surface area contributed by atoms with E-state index in [1.807, 2.05) is 6.07 Å². The highest BCUT2D eigenvalue weighted by molar-refractivity contribution is 5.82. The summed E-state index contributed by atoms with van der Waals surface area (Å²) in [6.07, 6.45) is 2.47. The highest BCUT2D eigenvalue weighted by Crippen LogP contribution is 1.94. The molecule has 52 valence electrons. The van der Waals surface area contributed by atoms with Crippen molar-refractivity contribution in [2.45, 2.75) is 6.92 Å². The number of hydrogen-bond donors (Lipinski definition) is 2. The zero-order valence-corrected chi connectivity index (χ0v) is 5.81. The lowest BCUT2D eigenvalue weighted by molar-refractivity contribution is 1.05. The van der Waals surface area contributed by atoms with Crippen LogP contribution in [0.5, 0.6) is 0 Å². The Morgan fingerprint density at radius 3 is 2.70 bits per heavy atom. The quantitative estimate of drug-likeness (QED) is 0.450. The molecule has 0 heterocycles. The van der Waals surface area contributed by atoms with E-state index < -0.39 is 0 Å². The van der Waals surface area contributed by atoms with Gasteiger partial charge >= 0.3 is 0 Å². The van der Waals surface area contributed by atoms with Crippen molar-refractivity contribution in [1.29, 1.82) is 10.7 Å². The van der Waals surface area contributed by atoms with E-state index in [0.717, 1.165) is 6.21 Å². The first-order valence-electron chi connectivity index (χ1n) is 2.75. The largest absolute Gasteiger partial charge is 0.365 e. The van der Waals surface area contributed by atoms with Crippen LogP contribution in [0.15, 0.2) is 24.0 Å². The predicted octanol–water partition coefficient (Wildman–Crippen LogP) is 1.17. The van der Waals surface area contributed by atoms with Crippen LogP contribution in [0.3, 0.4) is 0 Å². The highest BCUT2D eigenvalue weighted by atomic mass is 14.8. The molecule has 0 atom stereocenters. The van der Waals surface area contributed by atoms with Crippen molar-refractivity contribution >= 4 is 6.21 Å². The molecule has 3 heteroatoms. The molecule has 0 aromatic rings. The summed E-state index contributed by atoms with van der Waals surface area (Å²) < 4.78 is 0. The van der Waals surface area contributed by atoms with Gasteiger partial charge in [0.2, 0.25) is 0 Å². The SMILES string of the molecule is C=CN/C(C)=C(/C#N)C=N. The van der Waals surface area contributed by atoms with Crippen molar-refractivity contribution in [2.75, 3.05) is 0 Å². The average molecular weight is 135 g/mol. The molecule has 0 radical (unpaired) electrons. The minimum Gasteiger partial charge on any atom is -0.365 e. The summed E-state index contributed by atoms with van der Waals surface area (Å²) in [6.45, 7) is 5.14. The van der Waals surface area contributed by atoms with Gasteiger partial charge in [-0.05, 0) is 13.1 Å². The molecule has 0 fully saturated rings. The van der Waals surface area contributed by atoms with Gasteiger partial charge in [-0.2, -0.15) is 5.26 Å². The Labute approximate surface area is 60.2 Å². The fourth-order valence-corrected chi connectivity index (χ4v) is 0.455. The summed E-state index contributed by atoms with van der Waals surface area (Å²) in [7, 11) is 0. The number of nitriles is 1. The second-order valence-electron chi connectivity index (χ2n) is 1.64. The third kappa shape index (κ3) is 2.14. The van der Waals surface area contributed by atoms with E-state index in [4.69, 9.17) is 10.7 Å². The van der Waals surface area contributed by atoms with Gasteiger partial charge in [-0.15, -0.1) is 0 Å². The van der Waals surface area contributed by atoms with Crippen LogP contribution in [-0.2, 0) is 0 Å². The van der Waals surface area contributed by atoms with Crippen molar-refractivity contribution in [3.63, 3.8) is 0 Å². The van der Waals surface area contributed by atoms with Crippen molar-refractivity contribution in [1.82, 2.24) is 5.32 Å². The van der Waals surface area contributed by atoms with E-state index in [0.29, 0.717) is 11.3 Å². The number of rotatable bonds is 3. The Balaban J connectivity index is 4.45. The number of nitrogens with zero attached hydrogens (tertiary/aromatic N) is 1. The summed E-state index contributed by atoms with van der Waals surface area (Å²) in [5.41, 5.74) is 0.965. The maximum atomic E-state index is 8.39. The Bertz CT molecular complexity index is 207. The number of nitrogens with one attached hydrogen (secondary N) is 2. The van der Waals surface area contributed by atoms with E-state index in [9.17, 15) is 0 Å². The van der Waals surface area contributed by atoms with Crippen molar-refractivity contribution in [2.24, 2.45) is 0 Å². The van der Waals surface area contributed by atoms with Gasteiger partial charge < -0.3 is 10.7 Å². The molecule has 0 spiro atoms. The Kier molecular flexibility index (Phi) is 3.66. The summed E-state index contributed by atoms with van der Waals surface area (Å²) in [5.74, 6) is 0. The molecule has 3 nitrogen and oxygen atoms in total. The van der Waals surface area contributed by atoms with E-state index in [2.05, 4.69) is 11.9 Å². The fourth-order valence-electron chi connectivity index (χ4n) is 0.455. The van der Waals surface area contributed by atoms with Crippen LogP contribution in [0.25, 0.3) is 0 Å². The van der Waals surface area contributed by atoms with E-state index in [-0.39, 0.29) is 0 Å². The molecule has 0 aliphatic rings. The summed E-state index contributed by atoms with van der Waals surface area (Å²) >= 11 is 0. The maximum Gasteiger partial charge on any atom is 0.103 e. The van der Waals surface area contributed by atoms with Crippen LogP contribution in [0.4, 0.5) is 0 Å². The van der Waals surface area contributed by atoms with Crippen LogP contribution in [0.1, 0.15) is 6.92 Å². The third-order valence-corrected chi connectivity index (χ3v) is 0.987. The first-order valence-corrected chi connectivity index (χ1v) is 2.75. The Hall–Kier alpha value is -1.56. The van der Waals surface area contributed by atoms with Gasteiger partial charge in [-0.1, -0.05) is 6.58 Å². The molecule has 0 saturated carbocycles. The standard InChI is InChI=1S/C7H9N3/c1-3-10-6(2)7(4-8)5-9/h3-4,8,10H,1H2,2H3/b7-6+,8-4?. The normalized spacial score (nSPS) is 10.8. The van der Waals surface area contributed by atoms with Crippen molar-refractivity contribution in [3.05, 3.63) is 24.0 Å². The van der Waals surface area contributed by atoms with Crippen LogP contribution in [0.2, 0.25) is 0 Å². The van der Waals surface area contributed by atoms with E-state index in [1.165, 1.54) is 6.20 Å². The molecule has 0 saturated heterocycles. The lowest BCUT2D eigenvalue weighted by Crippen LogP contribution is -2.03. The Morgan fingerprint density at radius 2 is 2.40 bits per heavy atom.